The van der Waals surface area contributed by atoms with Crippen molar-refractivity contribution in [2.45, 2.75) is 32.2 Å². The van der Waals surface area contributed by atoms with Gasteiger partial charge in [0.25, 0.3) is 0 Å². The van der Waals surface area contributed by atoms with Gasteiger partial charge in [-0.15, -0.1) is 0 Å². The second-order valence-electron chi connectivity index (χ2n) is 6.21. The van der Waals surface area contributed by atoms with Gasteiger partial charge in [-0.1, -0.05) is 6.07 Å². The number of hydrogen-bond acceptors (Lipinski definition) is 2. The molecule has 1 N–H and O–H groups in total. The molecule has 0 unspecified atom stereocenters. The minimum Gasteiger partial charge on any atom is -0.478 e. The van der Waals surface area contributed by atoms with Crippen molar-refractivity contribution >= 4 is 17.0 Å². The Balaban J connectivity index is 1.69. The van der Waals surface area contributed by atoms with Gasteiger partial charge in [0.1, 0.15) is 5.52 Å². The fraction of sp³-hybridized carbons (Fsp3) is 0.500. The van der Waals surface area contributed by atoms with Crippen molar-refractivity contribution in [2.24, 2.45) is 17.8 Å². The summed E-state index contributed by atoms with van der Waals surface area (Å²) < 4.78 is 2.16. The number of rotatable bonds is 5. The first-order valence-electron chi connectivity index (χ1n) is 7.41. The van der Waals surface area contributed by atoms with Crippen LogP contribution in [0.25, 0.3) is 11.0 Å². The van der Waals surface area contributed by atoms with Crippen LogP contribution in [0, 0.1) is 17.8 Å². The Bertz CT molecular complexity index is 656. The maximum atomic E-state index is 11.2. The van der Waals surface area contributed by atoms with E-state index in [1.54, 1.807) is 6.07 Å². The lowest BCUT2D eigenvalue weighted by Crippen LogP contribution is -2.14. The third kappa shape index (κ3) is 1.99. The van der Waals surface area contributed by atoms with Gasteiger partial charge in [-0.05, 0) is 55.6 Å². The van der Waals surface area contributed by atoms with Gasteiger partial charge in [-0.25, -0.2) is 9.78 Å². The third-order valence-electron chi connectivity index (χ3n) is 4.74. The van der Waals surface area contributed by atoms with Gasteiger partial charge in [0.15, 0.2) is 0 Å². The highest BCUT2D eigenvalue weighted by molar-refractivity contribution is 6.00. The molecule has 0 amide bonds. The summed E-state index contributed by atoms with van der Waals surface area (Å²) in [6, 6.07) is 5.42. The van der Waals surface area contributed by atoms with Gasteiger partial charge in [-0.3, -0.25) is 0 Å². The SMILES string of the molecule is O=C(O)c1cccc2c1ncn2CC(C1CC1)C1CC1. The van der Waals surface area contributed by atoms with E-state index in [-0.39, 0.29) is 0 Å². The predicted molar refractivity (Wildman–Crippen MR) is 75.6 cm³/mol. The van der Waals surface area contributed by atoms with E-state index in [0.29, 0.717) is 11.1 Å². The molecule has 2 saturated carbocycles. The average molecular weight is 270 g/mol. The summed E-state index contributed by atoms with van der Waals surface area (Å²) >= 11 is 0. The zero-order chi connectivity index (χ0) is 13.7. The monoisotopic (exact) mass is 270 g/mol. The fourth-order valence-electron chi connectivity index (χ4n) is 3.37. The van der Waals surface area contributed by atoms with E-state index in [1.165, 1.54) is 25.7 Å². The first kappa shape index (κ1) is 11.9. The van der Waals surface area contributed by atoms with E-state index in [1.807, 2.05) is 18.5 Å². The van der Waals surface area contributed by atoms with Crippen LogP contribution in [0.4, 0.5) is 0 Å². The van der Waals surface area contributed by atoms with Crippen LogP contribution in [0.15, 0.2) is 24.5 Å². The van der Waals surface area contributed by atoms with Gasteiger partial charge in [0.2, 0.25) is 0 Å². The second kappa shape index (κ2) is 4.33. The lowest BCUT2D eigenvalue weighted by molar-refractivity contribution is 0.0699. The lowest BCUT2D eigenvalue weighted by atomic mass is 9.98. The Labute approximate surface area is 117 Å². The van der Waals surface area contributed by atoms with Crippen molar-refractivity contribution in [3.05, 3.63) is 30.1 Å². The van der Waals surface area contributed by atoms with Crippen molar-refractivity contribution in [2.75, 3.05) is 0 Å². The quantitative estimate of drug-likeness (QED) is 0.908. The zero-order valence-electron chi connectivity index (χ0n) is 11.3. The van der Waals surface area contributed by atoms with Crippen LogP contribution in [0.2, 0.25) is 0 Å². The Morgan fingerprint density at radius 2 is 2.00 bits per heavy atom. The smallest absolute Gasteiger partial charge is 0.337 e. The Hall–Kier alpha value is -1.84. The molecule has 0 atom stereocenters. The number of para-hydroxylation sites is 1. The van der Waals surface area contributed by atoms with Gasteiger partial charge in [0.05, 0.1) is 17.4 Å². The van der Waals surface area contributed by atoms with Gasteiger partial charge in [0, 0.05) is 6.54 Å². The maximum Gasteiger partial charge on any atom is 0.337 e. The molecule has 0 aliphatic heterocycles. The topological polar surface area (TPSA) is 55.1 Å². The van der Waals surface area contributed by atoms with Crippen molar-refractivity contribution in [1.29, 1.82) is 0 Å². The molecule has 1 heterocycles. The number of carbonyl (C=O) groups is 1. The summed E-state index contributed by atoms with van der Waals surface area (Å²) in [7, 11) is 0. The van der Waals surface area contributed by atoms with Gasteiger partial charge >= 0.3 is 5.97 Å². The molecule has 0 radical (unpaired) electrons. The van der Waals surface area contributed by atoms with Crippen molar-refractivity contribution in [3.8, 4) is 0 Å². The van der Waals surface area contributed by atoms with E-state index in [0.717, 1.165) is 29.8 Å². The van der Waals surface area contributed by atoms with Crippen molar-refractivity contribution < 1.29 is 9.90 Å². The summed E-state index contributed by atoms with van der Waals surface area (Å²) in [4.78, 5) is 15.6. The molecule has 0 saturated heterocycles. The molecule has 4 heteroatoms. The maximum absolute atomic E-state index is 11.2. The summed E-state index contributed by atoms with van der Waals surface area (Å²) in [6.07, 6.45) is 7.29. The molecule has 20 heavy (non-hydrogen) atoms. The third-order valence-corrected chi connectivity index (χ3v) is 4.74. The summed E-state index contributed by atoms with van der Waals surface area (Å²) in [5.74, 6) is 1.65. The zero-order valence-corrected chi connectivity index (χ0v) is 11.3. The van der Waals surface area contributed by atoms with Crippen LogP contribution >= 0.6 is 0 Å². The molecule has 2 aliphatic carbocycles. The molecule has 2 aromatic rings. The Morgan fingerprint density at radius 3 is 2.60 bits per heavy atom. The van der Waals surface area contributed by atoms with Crippen LogP contribution in [0.3, 0.4) is 0 Å². The van der Waals surface area contributed by atoms with Crippen molar-refractivity contribution in [3.63, 3.8) is 0 Å². The molecule has 4 rings (SSSR count). The van der Waals surface area contributed by atoms with Crippen LogP contribution in [0.5, 0.6) is 0 Å². The molecular weight excluding hydrogens is 252 g/mol. The number of fused-ring (bicyclic) bond motifs is 1. The van der Waals surface area contributed by atoms with Gasteiger partial charge in [-0.2, -0.15) is 0 Å². The van der Waals surface area contributed by atoms with E-state index in [9.17, 15) is 9.90 Å². The molecule has 0 spiro atoms. The standard InChI is InChI=1S/C16H18N2O2/c19-16(20)12-2-1-3-14-15(12)17-9-18(14)8-13(10-4-5-10)11-6-7-11/h1-3,9-11,13H,4-8H2,(H,19,20). The van der Waals surface area contributed by atoms with Gasteiger partial charge < -0.3 is 9.67 Å². The highest BCUT2D eigenvalue weighted by Crippen LogP contribution is 2.50. The van der Waals surface area contributed by atoms with Crippen LogP contribution in [0.1, 0.15) is 36.0 Å². The normalized spacial score (nSPS) is 18.9. The average Bonchev–Trinajstić information content (AvgIpc) is 3.34. The molecule has 2 aliphatic rings. The predicted octanol–water partition coefficient (Wildman–Crippen LogP) is 3.17. The molecule has 0 bridgehead atoms. The molecule has 1 aromatic carbocycles. The number of aromatic nitrogens is 2. The number of carboxylic acids is 1. The Kier molecular flexibility index (Phi) is 2.59. The lowest BCUT2D eigenvalue weighted by Gasteiger charge is -2.16. The highest BCUT2D eigenvalue weighted by atomic mass is 16.4. The van der Waals surface area contributed by atoms with Crippen LogP contribution in [-0.2, 0) is 6.54 Å². The second-order valence-corrected chi connectivity index (χ2v) is 6.21. The molecule has 104 valence electrons. The fourth-order valence-corrected chi connectivity index (χ4v) is 3.37. The number of hydrogen-bond donors (Lipinski definition) is 1. The molecule has 4 nitrogen and oxygen atoms in total. The van der Waals surface area contributed by atoms with Crippen LogP contribution in [-0.4, -0.2) is 20.6 Å². The Morgan fingerprint density at radius 1 is 1.30 bits per heavy atom. The van der Waals surface area contributed by atoms with Crippen LogP contribution < -0.4 is 0 Å². The number of nitrogens with zero attached hydrogens (tertiary/aromatic N) is 2. The first-order chi connectivity index (χ1) is 9.74. The number of carboxylic acid groups (broad SMARTS) is 1. The van der Waals surface area contributed by atoms with Crippen molar-refractivity contribution in [1.82, 2.24) is 9.55 Å². The number of benzene rings is 1. The minimum atomic E-state index is -0.901. The summed E-state index contributed by atoms with van der Waals surface area (Å²) in [6.45, 7) is 0.995. The summed E-state index contributed by atoms with van der Waals surface area (Å²) in [5.41, 5.74) is 1.87. The highest BCUT2D eigenvalue weighted by Gasteiger charge is 2.41. The number of imidazole rings is 1. The first-order valence-corrected chi connectivity index (χ1v) is 7.41. The van der Waals surface area contributed by atoms with E-state index in [4.69, 9.17) is 0 Å². The minimum absolute atomic E-state index is 0.302. The van der Waals surface area contributed by atoms with E-state index >= 15 is 0 Å². The van der Waals surface area contributed by atoms with E-state index in [2.05, 4.69) is 9.55 Å². The number of aromatic carboxylic acids is 1. The summed E-state index contributed by atoms with van der Waals surface area (Å²) in [5, 5.41) is 9.22. The molecular formula is C16H18N2O2. The molecule has 1 aromatic heterocycles. The largest absolute Gasteiger partial charge is 0.478 e. The molecule has 2 fully saturated rings. The van der Waals surface area contributed by atoms with E-state index < -0.39 is 5.97 Å².